The number of hydrogen-bond donors (Lipinski definition) is 1. The number of likely N-dealkylation sites (tertiary alicyclic amines) is 2. The molecule has 0 aliphatic carbocycles. The van der Waals surface area contributed by atoms with E-state index in [4.69, 9.17) is 14.6 Å². The molecule has 1 aromatic heterocycles. The molecule has 2 fully saturated rings. The number of amides is 1. The van der Waals surface area contributed by atoms with Crippen LogP contribution in [-0.4, -0.2) is 88.7 Å². The molecule has 2 aliphatic heterocycles. The van der Waals surface area contributed by atoms with Crippen LogP contribution in [0.25, 0.3) is 0 Å². The number of methoxy groups -OCH3 is 1. The summed E-state index contributed by atoms with van der Waals surface area (Å²) in [6.45, 7) is 9.14. The number of nitrogens with zero attached hydrogens (tertiary/aromatic N) is 4. The predicted octanol–water partition coefficient (Wildman–Crippen LogP) is 2.26. The van der Waals surface area contributed by atoms with E-state index in [-0.39, 0.29) is 11.3 Å². The standard InChI is InChI=1S/C18H30N4O2.C2HF3O2/c1-14(2)21-7-5-18(6-8-21)13-22(11-16(18)12-24-4)17(23)15-9-19-20(3)10-15;3-2(4,5)1(6)7/h9-10,14,16H,5-8,11-13H2,1-4H3;(H,6,7). The first-order valence-electron chi connectivity index (χ1n) is 10.2. The lowest BCUT2D eigenvalue weighted by atomic mass is 9.71. The maximum atomic E-state index is 12.8. The third kappa shape index (κ3) is 6.19. The number of halogens is 3. The Balaban J connectivity index is 0.000000423. The Labute approximate surface area is 179 Å². The number of ether oxygens (including phenoxy) is 1. The van der Waals surface area contributed by atoms with Gasteiger partial charge in [-0.2, -0.15) is 18.3 Å². The Morgan fingerprint density at radius 2 is 1.90 bits per heavy atom. The van der Waals surface area contributed by atoms with E-state index in [1.807, 2.05) is 11.9 Å². The monoisotopic (exact) mass is 448 g/mol. The summed E-state index contributed by atoms with van der Waals surface area (Å²) in [6.07, 6.45) is 0.687. The summed E-state index contributed by atoms with van der Waals surface area (Å²) in [5, 5.41) is 11.3. The van der Waals surface area contributed by atoms with E-state index < -0.39 is 12.1 Å². The molecule has 2 saturated heterocycles. The average molecular weight is 448 g/mol. The van der Waals surface area contributed by atoms with Gasteiger partial charge in [0.2, 0.25) is 0 Å². The zero-order valence-electron chi connectivity index (χ0n) is 18.4. The summed E-state index contributed by atoms with van der Waals surface area (Å²) in [5.41, 5.74) is 0.893. The van der Waals surface area contributed by atoms with Crippen molar-refractivity contribution >= 4 is 11.9 Å². The van der Waals surface area contributed by atoms with Crippen LogP contribution < -0.4 is 0 Å². The molecular formula is C20H31F3N4O4. The highest BCUT2D eigenvalue weighted by atomic mass is 19.4. The molecule has 3 rings (SSSR count). The Bertz CT molecular complexity index is 758. The van der Waals surface area contributed by atoms with Crippen LogP contribution in [0.2, 0.25) is 0 Å². The van der Waals surface area contributed by atoms with Gasteiger partial charge in [-0.3, -0.25) is 9.48 Å². The van der Waals surface area contributed by atoms with Gasteiger partial charge in [0.05, 0.1) is 18.4 Å². The maximum absolute atomic E-state index is 12.8. The highest BCUT2D eigenvalue weighted by Gasteiger charge is 2.49. The summed E-state index contributed by atoms with van der Waals surface area (Å²) in [6, 6.07) is 0.595. The second-order valence-corrected chi connectivity index (χ2v) is 8.54. The molecule has 1 amide bonds. The third-order valence-corrected chi connectivity index (χ3v) is 6.19. The van der Waals surface area contributed by atoms with E-state index >= 15 is 0 Å². The molecule has 176 valence electrons. The smallest absolute Gasteiger partial charge is 0.475 e. The van der Waals surface area contributed by atoms with Crippen molar-refractivity contribution in [1.82, 2.24) is 19.6 Å². The molecule has 1 atom stereocenters. The second kappa shape index (κ2) is 9.99. The molecule has 31 heavy (non-hydrogen) atoms. The van der Waals surface area contributed by atoms with Crippen LogP contribution in [0.4, 0.5) is 13.2 Å². The lowest BCUT2D eigenvalue weighted by molar-refractivity contribution is -0.192. The van der Waals surface area contributed by atoms with Crippen molar-refractivity contribution in [2.75, 3.05) is 39.9 Å². The minimum atomic E-state index is -5.08. The predicted molar refractivity (Wildman–Crippen MR) is 107 cm³/mol. The SMILES string of the molecule is COCC1CN(C(=O)c2cnn(C)c2)CC12CCN(C(C)C)CC2.O=C(O)C(F)(F)F. The van der Waals surface area contributed by atoms with Crippen molar-refractivity contribution in [2.24, 2.45) is 18.4 Å². The molecule has 8 nitrogen and oxygen atoms in total. The number of carboxylic acids is 1. The van der Waals surface area contributed by atoms with E-state index in [1.54, 1.807) is 24.2 Å². The Morgan fingerprint density at radius 1 is 1.32 bits per heavy atom. The van der Waals surface area contributed by atoms with E-state index in [0.29, 0.717) is 17.5 Å². The fourth-order valence-electron chi connectivity index (χ4n) is 4.39. The first-order valence-corrected chi connectivity index (χ1v) is 10.2. The zero-order chi connectivity index (χ0) is 23.4. The first-order chi connectivity index (χ1) is 14.4. The minimum absolute atomic E-state index is 0.104. The number of aryl methyl sites for hydroxylation is 1. The number of hydrogen-bond acceptors (Lipinski definition) is 5. The number of piperidine rings is 1. The summed E-state index contributed by atoms with van der Waals surface area (Å²) in [4.78, 5) is 26.3. The summed E-state index contributed by atoms with van der Waals surface area (Å²) < 4.78 is 38.9. The fraction of sp³-hybridized carbons (Fsp3) is 0.750. The maximum Gasteiger partial charge on any atom is 0.490 e. The zero-order valence-corrected chi connectivity index (χ0v) is 18.4. The molecule has 1 unspecified atom stereocenters. The lowest BCUT2D eigenvalue weighted by Crippen LogP contribution is -2.47. The van der Waals surface area contributed by atoms with Gasteiger partial charge in [0, 0.05) is 45.4 Å². The van der Waals surface area contributed by atoms with Crippen molar-refractivity contribution in [2.45, 2.75) is 38.9 Å². The van der Waals surface area contributed by atoms with Gasteiger partial charge < -0.3 is 19.6 Å². The van der Waals surface area contributed by atoms with Crippen LogP contribution in [0.3, 0.4) is 0 Å². The van der Waals surface area contributed by atoms with Gasteiger partial charge in [-0.1, -0.05) is 0 Å². The molecular weight excluding hydrogens is 417 g/mol. The van der Waals surface area contributed by atoms with Crippen molar-refractivity contribution < 1.29 is 32.6 Å². The number of alkyl halides is 3. The van der Waals surface area contributed by atoms with Gasteiger partial charge in [0.15, 0.2) is 0 Å². The van der Waals surface area contributed by atoms with Crippen LogP contribution in [0.15, 0.2) is 12.4 Å². The van der Waals surface area contributed by atoms with Gasteiger partial charge >= 0.3 is 12.1 Å². The van der Waals surface area contributed by atoms with E-state index in [9.17, 15) is 18.0 Å². The highest BCUT2D eigenvalue weighted by Crippen LogP contribution is 2.45. The van der Waals surface area contributed by atoms with Crippen molar-refractivity contribution in [3.05, 3.63) is 18.0 Å². The molecule has 0 aromatic carbocycles. The average Bonchev–Trinajstić information content (AvgIpc) is 3.26. The molecule has 0 bridgehead atoms. The first kappa shape index (κ1) is 25.1. The molecule has 11 heteroatoms. The van der Waals surface area contributed by atoms with Crippen LogP contribution >= 0.6 is 0 Å². The highest BCUT2D eigenvalue weighted by molar-refractivity contribution is 5.94. The Morgan fingerprint density at radius 3 is 2.32 bits per heavy atom. The topological polar surface area (TPSA) is 87.9 Å². The Kier molecular flexibility index (Phi) is 8.09. The number of carbonyl (C=O) groups excluding carboxylic acids is 1. The molecule has 1 spiro atoms. The van der Waals surface area contributed by atoms with Crippen molar-refractivity contribution in [3.8, 4) is 0 Å². The van der Waals surface area contributed by atoms with Crippen LogP contribution in [0, 0.1) is 11.3 Å². The molecule has 0 radical (unpaired) electrons. The Hall–Kier alpha value is -2.14. The van der Waals surface area contributed by atoms with E-state index in [0.717, 1.165) is 45.6 Å². The molecule has 1 aromatic rings. The van der Waals surface area contributed by atoms with Crippen molar-refractivity contribution in [3.63, 3.8) is 0 Å². The largest absolute Gasteiger partial charge is 0.490 e. The van der Waals surface area contributed by atoms with Gasteiger partial charge in [0.25, 0.3) is 5.91 Å². The van der Waals surface area contributed by atoms with Gasteiger partial charge in [-0.15, -0.1) is 0 Å². The summed E-state index contributed by atoms with van der Waals surface area (Å²) in [7, 11) is 3.61. The minimum Gasteiger partial charge on any atom is -0.475 e. The van der Waals surface area contributed by atoms with Gasteiger partial charge in [-0.25, -0.2) is 4.79 Å². The number of aliphatic carboxylic acids is 1. The second-order valence-electron chi connectivity index (χ2n) is 8.54. The third-order valence-electron chi connectivity index (χ3n) is 6.19. The number of carbonyl (C=O) groups is 2. The normalized spacial score (nSPS) is 21.3. The molecule has 2 aliphatic rings. The fourth-order valence-corrected chi connectivity index (χ4v) is 4.39. The van der Waals surface area contributed by atoms with Crippen LogP contribution in [0.5, 0.6) is 0 Å². The summed E-state index contributed by atoms with van der Waals surface area (Å²) >= 11 is 0. The van der Waals surface area contributed by atoms with Crippen LogP contribution in [0.1, 0.15) is 37.0 Å². The van der Waals surface area contributed by atoms with Gasteiger partial charge in [-0.05, 0) is 45.2 Å². The van der Waals surface area contributed by atoms with Gasteiger partial charge in [0.1, 0.15) is 0 Å². The summed E-state index contributed by atoms with van der Waals surface area (Å²) in [5.74, 6) is -2.22. The molecule has 3 heterocycles. The van der Waals surface area contributed by atoms with E-state index in [2.05, 4.69) is 23.8 Å². The molecule has 0 saturated carbocycles. The van der Waals surface area contributed by atoms with Crippen LogP contribution in [-0.2, 0) is 16.6 Å². The lowest BCUT2D eigenvalue weighted by Gasteiger charge is -2.43. The van der Waals surface area contributed by atoms with Crippen molar-refractivity contribution in [1.29, 1.82) is 0 Å². The number of aromatic nitrogens is 2. The quantitative estimate of drug-likeness (QED) is 0.760. The van der Waals surface area contributed by atoms with E-state index in [1.165, 1.54) is 0 Å². The number of carboxylic acid groups (broad SMARTS) is 1. The molecule has 1 N–H and O–H groups in total. The number of rotatable bonds is 4.